The van der Waals surface area contributed by atoms with Crippen molar-refractivity contribution in [3.05, 3.63) is 36.2 Å². The van der Waals surface area contributed by atoms with Crippen molar-refractivity contribution < 1.29 is 14.6 Å². The van der Waals surface area contributed by atoms with Crippen molar-refractivity contribution in [2.75, 3.05) is 44.1 Å². The second-order valence-electron chi connectivity index (χ2n) is 6.43. The quantitative estimate of drug-likeness (QED) is 0.786. The number of piperidine rings is 1. The minimum absolute atomic E-state index is 0.226. The molecular weight excluding hydrogens is 332 g/mol. The topological polar surface area (TPSA) is 79.7 Å². The maximum absolute atomic E-state index is 9.41. The first-order valence-electron chi connectivity index (χ1n) is 8.86. The van der Waals surface area contributed by atoms with Crippen LogP contribution in [-0.2, 0) is 6.54 Å². The Labute approximate surface area is 154 Å². The number of anilines is 2. The van der Waals surface area contributed by atoms with Crippen LogP contribution in [0.15, 0.2) is 30.6 Å². The molecule has 0 radical (unpaired) electrons. The molecule has 3 rings (SSSR count). The highest BCUT2D eigenvalue weighted by Gasteiger charge is 2.20. The molecule has 0 aliphatic carbocycles. The van der Waals surface area contributed by atoms with Gasteiger partial charge >= 0.3 is 0 Å². The first-order chi connectivity index (χ1) is 12.7. The molecule has 7 heteroatoms. The molecule has 26 heavy (non-hydrogen) atoms. The van der Waals surface area contributed by atoms with Crippen molar-refractivity contribution in [3.8, 4) is 11.5 Å². The van der Waals surface area contributed by atoms with E-state index in [1.165, 1.54) is 0 Å². The molecule has 1 aliphatic heterocycles. The van der Waals surface area contributed by atoms with Gasteiger partial charge in [0.1, 0.15) is 29.5 Å². The van der Waals surface area contributed by atoms with Gasteiger partial charge in [-0.05, 0) is 30.9 Å². The lowest BCUT2D eigenvalue weighted by Gasteiger charge is -2.32. The van der Waals surface area contributed by atoms with Crippen molar-refractivity contribution in [1.82, 2.24) is 9.97 Å². The summed E-state index contributed by atoms with van der Waals surface area (Å²) >= 11 is 0. The van der Waals surface area contributed by atoms with Crippen LogP contribution in [0.3, 0.4) is 0 Å². The molecule has 1 aliphatic rings. The van der Waals surface area contributed by atoms with Gasteiger partial charge in [-0.25, -0.2) is 9.97 Å². The summed E-state index contributed by atoms with van der Waals surface area (Å²) < 4.78 is 10.7. The second-order valence-corrected chi connectivity index (χ2v) is 6.43. The van der Waals surface area contributed by atoms with Gasteiger partial charge in [-0.2, -0.15) is 0 Å². The van der Waals surface area contributed by atoms with Crippen LogP contribution in [0, 0.1) is 5.92 Å². The van der Waals surface area contributed by atoms with Crippen LogP contribution in [0.2, 0.25) is 0 Å². The molecule has 2 N–H and O–H groups in total. The summed E-state index contributed by atoms with van der Waals surface area (Å²) in [7, 11) is 3.28. The first kappa shape index (κ1) is 18.3. The van der Waals surface area contributed by atoms with E-state index in [0.717, 1.165) is 54.6 Å². The van der Waals surface area contributed by atoms with E-state index in [1.54, 1.807) is 20.5 Å². The van der Waals surface area contributed by atoms with E-state index in [2.05, 4.69) is 20.2 Å². The Balaban J connectivity index is 1.67. The molecule has 1 aromatic carbocycles. The Morgan fingerprint density at radius 3 is 2.88 bits per heavy atom. The summed E-state index contributed by atoms with van der Waals surface area (Å²) in [6.45, 7) is 2.60. The summed E-state index contributed by atoms with van der Waals surface area (Å²) in [6.07, 6.45) is 3.72. The highest BCUT2D eigenvalue weighted by Crippen LogP contribution is 2.26. The third kappa shape index (κ3) is 4.35. The van der Waals surface area contributed by atoms with Crippen molar-refractivity contribution in [2.45, 2.75) is 19.4 Å². The number of aliphatic hydroxyl groups is 1. The highest BCUT2D eigenvalue weighted by molar-refractivity contribution is 5.50. The van der Waals surface area contributed by atoms with Gasteiger partial charge in [0, 0.05) is 43.9 Å². The number of methoxy groups -OCH3 is 2. The molecule has 2 aromatic rings. The Kier molecular flexibility index (Phi) is 6.12. The van der Waals surface area contributed by atoms with Gasteiger partial charge in [0.2, 0.25) is 0 Å². The minimum Gasteiger partial charge on any atom is -0.497 e. The molecule has 1 unspecified atom stereocenters. The number of nitrogens with one attached hydrogen (secondary N) is 1. The van der Waals surface area contributed by atoms with E-state index in [-0.39, 0.29) is 6.61 Å². The standard InChI is InChI=1S/C19H26N4O3/c1-25-16-6-5-15(17(8-16)26-2)10-20-18-9-19(22-13-21-18)23-7-3-4-14(11-23)12-24/h5-6,8-9,13-14,24H,3-4,7,10-12H2,1-2H3,(H,20,21,22). The number of aromatic nitrogens is 2. The fraction of sp³-hybridized carbons (Fsp3) is 0.474. The number of ether oxygens (including phenoxy) is 2. The van der Waals surface area contributed by atoms with Crippen molar-refractivity contribution in [2.24, 2.45) is 5.92 Å². The van der Waals surface area contributed by atoms with Crippen LogP contribution in [-0.4, -0.2) is 49.0 Å². The molecule has 1 saturated heterocycles. The molecule has 0 bridgehead atoms. The van der Waals surface area contributed by atoms with E-state index < -0.39 is 0 Å². The summed E-state index contributed by atoms with van der Waals surface area (Å²) in [5, 5.41) is 12.7. The largest absolute Gasteiger partial charge is 0.497 e. The van der Waals surface area contributed by atoms with Crippen molar-refractivity contribution >= 4 is 11.6 Å². The summed E-state index contributed by atoms with van der Waals surface area (Å²) in [5.74, 6) is 3.51. The van der Waals surface area contributed by atoms with Gasteiger partial charge in [0.05, 0.1) is 14.2 Å². The predicted octanol–water partition coefficient (Wildman–Crippen LogP) is 2.31. The Hall–Kier alpha value is -2.54. The van der Waals surface area contributed by atoms with Crippen LogP contribution in [0.4, 0.5) is 11.6 Å². The van der Waals surface area contributed by atoms with Crippen molar-refractivity contribution in [1.29, 1.82) is 0 Å². The minimum atomic E-state index is 0.226. The zero-order chi connectivity index (χ0) is 18.4. The second kappa shape index (κ2) is 8.71. The first-order valence-corrected chi connectivity index (χ1v) is 8.86. The summed E-state index contributed by atoms with van der Waals surface area (Å²) in [5.41, 5.74) is 1.02. The average molecular weight is 358 g/mol. The van der Waals surface area contributed by atoms with Crippen LogP contribution in [0.25, 0.3) is 0 Å². The van der Waals surface area contributed by atoms with E-state index in [9.17, 15) is 5.11 Å². The van der Waals surface area contributed by atoms with Gasteiger partial charge in [-0.1, -0.05) is 0 Å². The third-order valence-electron chi connectivity index (χ3n) is 4.71. The zero-order valence-corrected chi connectivity index (χ0v) is 15.3. The number of aliphatic hydroxyl groups excluding tert-OH is 1. The Morgan fingerprint density at radius 2 is 2.12 bits per heavy atom. The van der Waals surface area contributed by atoms with Crippen LogP contribution >= 0.6 is 0 Å². The highest BCUT2D eigenvalue weighted by atomic mass is 16.5. The lowest BCUT2D eigenvalue weighted by Crippen LogP contribution is -2.37. The van der Waals surface area contributed by atoms with Gasteiger partial charge in [0.15, 0.2) is 0 Å². The monoisotopic (exact) mass is 358 g/mol. The smallest absolute Gasteiger partial charge is 0.134 e. The van der Waals surface area contributed by atoms with E-state index in [1.807, 2.05) is 24.3 Å². The normalized spacial score (nSPS) is 17.0. The molecule has 1 atom stereocenters. The van der Waals surface area contributed by atoms with E-state index in [0.29, 0.717) is 12.5 Å². The number of rotatable bonds is 7. The van der Waals surface area contributed by atoms with Crippen LogP contribution in [0.1, 0.15) is 18.4 Å². The lowest BCUT2D eigenvalue weighted by molar-refractivity contribution is 0.208. The number of hydrogen-bond acceptors (Lipinski definition) is 7. The SMILES string of the molecule is COc1ccc(CNc2cc(N3CCCC(CO)C3)ncn2)c(OC)c1. The average Bonchev–Trinajstić information content (AvgIpc) is 2.72. The summed E-state index contributed by atoms with van der Waals surface area (Å²) in [4.78, 5) is 10.9. The molecule has 0 amide bonds. The number of nitrogens with zero attached hydrogens (tertiary/aromatic N) is 3. The van der Waals surface area contributed by atoms with Gasteiger partial charge in [-0.15, -0.1) is 0 Å². The maximum atomic E-state index is 9.41. The molecule has 1 aromatic heterocycles. The van der Waals surface area contributed by atoms with Crippen LogP contribution < -0.4 is 19.7 Å². The number of benzene rings is 1. The van der Waals surface area contributed by atoms with E-state index in [4.69, 9.17) is 9.47 Å². The number of hydrogen-bond donors (Lipinski definition) is 2. The van der Waals surface area contributed by atoms with E-state index >= 15 is 0 Å². The zero-order valence-electron chi connectivity index (χ0n) is 15.3. The van der Waals surface area contributed by atoms with Gasteiger partial charge in [0.25, 0.3) is 0 Å². The van der Waals surface area contributed by atoms with Gasteiger partial charge < -0.3 is 24.8 Å². The van der Waals surface area contributed by atoms with Gasteiger partial charge in [-0.3, -0.25) is 0 Å². The Morgan fingerprint density at radius 1 is 1.23 bits per heavy atom. The summed E-state index contributed by atoms with van der Waals surface area (Å²) in [6, 6.07) is 7.71. The lowest BCUT2D eigenvalue weighted by atomic mass is 9.99. The van der Waals surface area contributed by atoms with Crippen molar-refractivity contribution in [3.63, 3.8) is 0 Å². The van der Waals surface area contributed by atoms with Crippen LogP contribution in [0.5, 0.6) is 11.5 Å². The Bertz CT molecular complexity index is 726. The molecule has 0 spiro atoms. The third-order valence-corrected chi connectivity index (χ3v) is 4.71. The molecule has 7 nitrogen and oxygen atoms in total. The predicted molar refractivity (Wildman–Crippen MR) is 101 cm³/mol. The maximum Gasteiger partial charge on any atom is 0.134 e. The molecule has 1 fully saturated rings. The molecular formula is C19H26N4O3. The molecule has 0 saturated carbocycles. The fourth-order valence-corrected chi connectivity index (χ4v) is 3.22. The fourth-order valence-electron chi connectivity index (χ4n) is 3.22. The molecule has 2 heterocycles. The molecule has 140 valence electrons.